The summed E-state index contributed by atoms with van der Waals surface area (Å²) in [7, 11) is -2.04. The lowest BCUT2D eigenvalue weighted by atomic mass is 10.1. The highest BCUT2D eigenvalue weighted by molar-refractivity contribution is 7.89. The zero-order chi connectivity index (χ0) is 18.0. The standard InChI is InChI=1S/C15H21N5O4S/c1-10-15(11(2)24-19-10)25(21,22)20-6-4-12(5-7-20)18-13-8-14(23-3)17-9-16-13/h8-9,12H,4-7H2,1-3H3,(H,16,17,18). The van der Waals surface area contributed by atoms with E-state index in [0.717, 1.165) is 0 Å². The van der Waals surface area contributed by atoms with E-state index < -0.39 is 10.0 Å². The number of aryl methyl sites for hydroxylation is 2. The fourth-order valence-corrected chi connectivity index (χ4v) is 4.71. The third-order valence-electron chi connectivity index (χ3n) is 4.22. The Kier molecular flexibility index (Phi) is 4.91. The van der Waals surface area contributed by atoms with Crippen LogP contribution in [0.4, 0.5) is 5.82 Å². The molecule has 3 heterocycles. The highest BCUT2D eigenvalue weighted by atomic mass is 32.2. The van der Waals surface area contributed by atoms with E-state index >= 15 is 0 Å². The van der Waals surface area contributed by atoms with Crippen LogP contribution in [-0.2, 0) is 10.0 Å². The summed E-state index contributed by atoms with van der Waals surface area (Å²) < 4.78 is 37.2. The number of piperidine rings is 1. The summed E-state index contributed by atoms with van der Waals surface area (Å²) >= 11 is 0. The lowest BCUT2D eigenvalue weighted by molar-refractivity contribution is 0.328. The molecule has 25 heavy (non-hydrogen) atoms. The molecule has 10 heteroatoms. The molecule has 1 saturated heterocycles. The van der Waals surface area contributed by atoms with Crippen molar-refractivity contribution in [2.24, 2.45) is 0 Å². The minimum atomic E-state index is -3.58. The van der Waals surface area contributed by atoms with Crippen LogP contribution in [0.5, 0.6) is 5.88 Å². The van der Waals surface area contributed by atoms with Crippen LogP contribution in [0.3, 0.4) is 0 Å². The minimum Gasteiger partial charge on any atom is -0.481 e. The van der Waals surface area contributed by atoms with Gasteiger partial charge in [0.2, 0.25) is 15.9 Å². The SMILES string of the molecule is COc1cc(NC2CCN(S(=O)(=O)c3c(C)noc3C)CC2)ncn1. The highest BCUT2D eigenvalue weighted by Crippen LogP contribution is 2.26. The van der Waals surface area contributed by atoms with Crippen molar-refractivity contribution < 1.29 is 17.7 Å². The largest absolute Gasteiger partial charge is 0.481 e. The zero-order valence-electron chi connectivity index (χ0n) is 14.4. The van der Waals surface area contributed by atoms with Crippen molar-refractivity contribution in [3.05, 3.63) is 23.8 Å². The van der Waals surface area contributed by atoms with Gasteiger partial charge >= 0.3 is 0 Å². The van der Waals surface area contributed by atoms with E-state index in [0.29, 0.717) is 49.1 Å². The Morgan fingerprint density at radius 3 is 2.60 bits per heavy atom. The van der Waals surface area contributed by atoms with Gasteiger partial charge in [-0.15, -0.1) is 0 Å². The smallest absolute Gasteiger partial charge is 0.248 e. The Labute approximate surface area is 146 Å². The third-order valence-corrected chi connectivity index (χ3v) is 6.37. The molecule has 136 valence electrons. The van der Waals surface area contributed by atoms with Crippen molar-refractivity contribution in [1.29, 1.82) is 0 Å². The summed E-state index contributed by atoms with van der Waals surface area (Å²) in [6.45, 7) is 4.10. The van der Waals surface area contributed by atoms with Crippen LogP contribution < -0.4 is 10.1 Å². The number of anilines is 1. The number of methoxy groups -OCH3 is 1. The number of hydrogen-bond acceptors (Lipinski definition) is 8. The molecular weight excluding hydrogens is 346 g/mol. The Morgan fingerprint density at radius 2 is 2.00 bits per heavy atom. The number of nitrogens with one attached hydrogen (secondary N) is 1. The van der Waals surface area contributed by atoms with E-state index in [4.69, 9.17) is 9.26 Å². The van der Waals surface area contributed by atoms with Crippen LogP contribution in [0, 0.1) is 13.8 Å². The Hall–Kier alpha value is -2.20. The van der Waals surface area contributed by atoms with E-state index in [9.17, 15) is 8.42 Å². The van der Waals surface area contributed by atoms with Crippen LogP contribution in [0.25, 0.3) is 0 Å². The summed E-state index contributed by atoms with van der Waals surface area (Å²) in [5.41, 5.74) is 0.394. The lowest BCUT2D eigenvalue weighted by Gasteiger charge is -2.31. The number of aromatic nitrogens is 3. The number of hydrogen-bond donors (Lipinski definition) is 1. The average molecular weight is 367 g/mol. The summed E-state index contributed by atoms with van der Waals surface area (Å²) in [5.74, 6) is 1.47. The predicted octanol–water partition coefficient (Wildman–Crippen LogP) is 1.36. The first-order valence-electron chi connectivity index (χ1n) is 7.97. The zero-order valence-corrected chi connectivity index (χ0v) is 15.2. The third kappa shape index (κ3) is 3.59. The van der Waals surface area contributed by atoms with Gasteiger partial charge in [-0.3, -0.25) is 0 Å². The maximum absolute atomic E-state index is 12.8. The summed E-state index contributed by atoms with van der Waals surface area (Å²) in [6.07, 6.45) is 2.78. The van der Waals surface area contributed by atoms with Crippen molar-refractivity contribution in [3.8, 4) is 5.88 Å². The summed E-state index contributed by atoms with van der Waals surface area (Å²) in [5, 5.41) is 7.05. The molecule has 1 N–H and O–H groups in total. The second-order valence-electron chi connectivity index (χ2n) is 5.92. The van der Waals surface area contributed by atoms with Crippen LogP contribution in [0.2, 0.25) is 0 Å². The van der Waals surface area contributed by atoms with Gasteiger partial charge in [-0.25, -0.2) is 18.4 Å². The lowest BCUT2D eigenvalue weighted by Crippen LogP contribution is -2.42. The fraction of sp³-hybridized carbons (Fsp3) is 0.533. The molecule has 0 amide bonds. The predicted molar refractivity (Wildman–Crippen MR) is 90.0 cm³/mol. The molecule has 2 aromatic heterocycles. The van der Waals surface area contributed by atoms with E-state index in [-0.39, 0.29) is 10.9 Å². The van der Waals surface area contributed by atoms with Crippen molar-refractivity contribution in [1.82, 2.24) is 19.4 Å². The monoisotopic (exact) mass is 367 g/mol. The van der Waals surface area contributed by atoms with Gasteiger partial charge in [-0.2, -0.15) is 4.31 Å². The van der Waals surface area contributed by atoms with Crippen molar-refractivity contribution in [2.45, 2.75) is 37.6 Å². The molecule has 3 rings (SSSR count). The highest BCUT2D eigenvalue weighted by Gasteiger charge is 2.33. The van der Waals surface area contributed by atoms with Crippen LogP contribution in [0.1, 0.15) is 24.3 Å². The molecule has 9 nitrogen and oxygen atoms in total. The summed E-state index contributed by atoms with van der Waals surface area (Å²) in [4.78, 5) is 8.30. The summed E-state index contributed by atoms with van der Waals surface area (Å²) in [6, 6.07) is 1.85. The Balaban J connectivity index is 1.65. The number of nitrogens with zero attached hydrogens (tertiary/aromatic N) is 4. The van der Waals surface area contributed by atoms with E-state index in [1.165, 1.54) is 10.6 Å². The quantitative estimate of drug-likeness (QED) is 0.843. The molecule has 1 aliphatic heterocycles. The van der Waals surface area contributed by atoms with E-state index in [1.54, 1.807) is 27.0 Å². The van der Waals surface area contributed by atoms with E-state index in [1.807, 2.05) is 0 Å². The molecule has 1 aliphatic rings. The number of rotatable bonds is 5. The topological polar surface area (TPSA) is 110 Å². The van der Waals surface area contributed by atoms with Crippen LogP contribution in [-0.4, -0.2) is 54.1 Å². The molecule has 0 radical (unpaired) electrons. The van der Waals surface area contributed by atoms with Crippen molar-refractivity contribution in [2.75, 3.05) is 25.5 Å². The first-order valence-corrected chi connectivity index (χ1v) is 9.41. The molecule has 0 atom stereocenters. The average Bonchev–Trinajstić information content (AvgIpc) is 2.95. The Bertz CT molecular complexity index is 824. The van der Waals surface area contributed by atoms with Crippen LogP contribution in [0.15, 0.2) is 21.8 Å². The number of ether oxygens (including phenoxy) is 1. The number of sulfonamides is 1. The molecule has 0 aromatic carbocycles. The Morgan fingerprint density at radius 1 is 1.28 bits per heavy atom. The van der Waals surface area contributed by atoms with Crippen molar-refractivity contribution in [3.63, 3.8) is 0 Å². The van der Waals surface area contributed by atoms with E-state index in [2.05, 4.69) is 20.4 Å². The second-order valence-corrected chi connectivity index (χ2v) is 7.80. The maximum atomic E-state index is 12.8. The van der Waals surface area contributed by atoms with Gasteiger partial charge in [-0.05, 0) is 26.7 Å². The minimum absolute atomic E-state index is 0.135. The molecular formula is C15H21N5O4S. The second kappa shape index (κ2) is 6.96. The maximum Gasteiger partial charge on any atom is 0.248 e. The van der Waals surface area contributed by atoms with Gasteiger partial charge in [0, 0.05) is 25.2 Å². The normalized spacial score (nSPS) is 16.8. The van der Waals surface area contributed by atoms with Gasteiger partial charge in [0.15, 0.2) is 5.76 Å². The molecule has 0 bridgehead atoms. The molecule has 0 unspecified atom stereocenters. The molecule has 2 aromatic rings. The first-order chi connectivity index (χ1) is 11.9. The fourth-order valence-electron chi connectivity index (χ4n) is 2.95. The van der Waals surface area contributed by atoms with Gasteiger partial charge in [-0.1, -0.05) is 5.16 Å². The molecule has 0 aliphatic carbocycles. The molecule has 0 spiro atoms. The van der Waals surface area contributed by atoms with Gasteiger partial charge in [0.25, 0.3) is 0 Å². The molecule has 0 saturated carbocycles. The van der Waals surface area contributed by atoms with Crippen molar-refractivity contribution >= 4 is 15.8 Å². The first kappa shape index (κ1) is 17.6. The van der Waals surface area contributed by atoms with Gasteiger partial charge in [0.1, 0.15) is 22.7 Å². The molecule has 1 fully saturated rings. The van der Waals surface area contributed by atoms with Gasteiger partial charge < -0.3 is 14.6 Å². The van der Waals surface area contributed by atoms with Gasteiger partial charge in [0.05, 0.1) is 7.11 Å². The van der Waals surface area contributed by atoms with Crippen LogP contribution >= 0.6 is 0 Å².